The van der Waals surface area contributed by atoms with Crippen molar-refractivity contribution in [1.82, 2.24) is 4.98 Å². The first kappa shape index (κ1) is 15.6. The Hall–Kier alpha value is -3.26. The highest BCUT2D eigenvalue weighted by Crippen LogP contribution is 2.24. The Morgan fingerprint density at radius 2 is 1.79 bits per heavy atom. The molecule has 0 aliphatic heterocycles. The number of nitriles is 1. The summed E-state index contributed by atoms with van der Waals surface area (Å²) in [6.45, 7) is 2.17. The van der Waals surface area contributed by atoms with Gasteiger partial charge >= 0.3 is 0 Å². The summed E-state index contributed by atoms with van der Waals surface area (Å²) in [7, 11) is 0. The average Bonchev–Trinajstić information content (AvgIpc) is 3.03. The molecule has 0 amide bonds. The summed E-state index contributed by atoms with van der Waals surface area (Å²) in [5.41, 5.74) is 1.32. The first-order valence-corrected chi connectivity index (χ1v) is 7.65. The smallest absolute Gasteiger partial charge is 0.236 e. The van der Waals surface area contributed by atoms with Gasteiger partial charge in [0, 0.05) is 0 Å². The van der Waals surface area contributed by atoms with Gasteiger partial charge in [-0.2, -0.15) is 10.2 Å². The van der Waals surface area contributed by atoms with Gasteiger partial charge in [-0.1, -0.05) is 48.5 Å². The molecular weight excluding hydrogens is 302 g/mol. The van der Waals surface area contributed by atoms with E-state index in [2.05, 4.69) is 10.3 Å². The van der Waals surface area contributed by atoms with E-state index >= 15 is 0 Å². The van der Waals surface area contributed by atoms with Crippen LogP contribution in [0.1, 0.15) is 30.1 Å². The van der Waals surface area contributed by atoms with Crippen LogP contribution in [0.3, 0.4) is 0 Å². The van der Waals surface area contributed by atoms with Gasteiger partial charge in [0.25, 0.3) is 0 Å². The molecule has 1 aromatic heterocycles. The third-order valence-corrected chi connectivity index (χ3v) is 3.53. The maximum Gasteiger partial charge on any atom is 0.236 e. The second kappa shape index (κ2) is 7.34. The van der Waals surface area contributed by atoms with Crippen molar-refractivity contribution in [2.45, 2.75) is 19.6 Å². The number of hydrogen-bond acceptors (Lipinski definition) is 5. The maximum atomic E-state index is 9.25. The second-order valence-electron chi connectivity index (χ2n) is 5.28. The average molecular weight is 319 g/mol. The van der Waals surface area contributed by atoms with Crippen LogP contribution in [0.2, 0.25) is 0 Å². The summed E-state index contributed by atoms with van der Waals surface area (Å²) in [5, 5.41) is 12.4. The van der Waals surface area contributed by atoms with Crippen LogP contribution in [0.4, 0.5) is 5.88 Å². The topological polar surface area (TPSA) is 71.1 Å². The predicted molar refractivity (Wildman–Crippen MR) is 90.5 cm³/mol. The van der Waals surface area contributed by atoms with E-state index in [0.29, 0.717) is 11.8 Å². The standard InChI is InChI=1S/C19H17N3O2/c1-14(15-8-4-2-5-9-15)21-19-17(12-20)22-18(24-19)13-23-16-10-6-3-7-11-16/h2-11,14,21H,13H2,1H3/t14-/m1/s1. The zero-order valence-corrected chi connectivity index (χ0v) is 13.3. The van der Waals surface area contributed by atoms with Crippen LogP contribution in [0, 0.1) is 11.3 Å². The number of aromatic nitrogens is 1. The molecule has 120 valence electrons. The van der Waals surface area contributed by atoms with Gasteiger partial charge in [-0.25, -0.2) is 0 Å². The Labute approximate surface area is 140 Å². The van der Waals surface area contributed by atoms with E-state index in [0.717, 1.165) is 11.3 Å². The largest absolute Gasteiger partial charge is 0.484 e. The van der Waals surface area contributed by atoms with E-state index < -0.39 is 0 Å². The molecule has 5 nitrogen and oxygen atoms in total. The first-order valence-electron chi connectivity index (χ1n) is 7.65. The zero-order chi connectivity index (χ0) is 16.8. The third-order valence-electron chi connectivity index (χ3n) is 3.53. The lowest BCUT2D eigenvalue weighted by molar-refractivity contribution is 0.264. The van der Waals surface area contributed by atoms with Crippen LogP contribution in [0.25, 0.3) is 0 Å². The Morgan fingerprint density at radius 1 is 1.12 bits per heavy atom. The molecule has 1 atom stereocenters. The number of rotatable bonds is 6. The predicted octanol–water partition coefficient (Wildman–Crippen LogP) is 4.30. The lowest BCUT2D eigenvalue weighted by Gasteiger charge is -2.13. The number of ether oxygens (including phenoxy) is 1. The summed E-state index contributed by atoms with van der Waals surface area (Å²) < 4.78 is 11.3. The monoisotopic (exact) mass is 319 g/mol. The van der Waals surface area contributed by atoms with Crippen molar-refractivity contribution in [3.05, 3.63) is 77.8 Å². The minimum Gasteiger partial charge on any atom is -0.484 e. The van der Waals surface area contributed by atoms with Crippen LogP contribution >= 0.6 is 0 Å². The minimum absolute atomic E-state index is 0.00542. The van der Waals surface area contributed by atoms with Gasteiger partial charge < -0.3 is 14.5 Å². The summed E-state index contributed by atoms with van der Waals surface area (Å²) in [5.74, 6) is 1.44. The van der Waals surface area contributed by atoms with Gasteiger partial charge in [0.2, 0.25) is 17.5 Å². The van der Waals surface area contributed by atoms with Crippen molar-refractivity contribution in [2.75, 3.05) is 5.32 Å². The number of hydrogen-bond donors (Lipinski definition) is 1. The highest BCUT2D eigenvalue weighted by Gasteiger charge is 2.16. The van der Waals surface area contributed by atoms with E-state index in [1.165, 1.54) is 0 Å². The zero-order valence-electron chi connectivity index (χ0n) is 13.3. The number of nitrogens with zero attached hydrogens (tertiary/aromatic N) is 2. The van der Waals surface area contributed by atoms with Gasteiger partial charge in [-0.3, -0.25) is 0 Å². The molecule has 0 radical (unpaired) electrons. The van der Waals surface area contributed by atoms with Gasteiger partial charge in [0.05, 0.1) is 6.04 Å². The molecule has 3 aromatic rings. The molecule has 0 aliphatic rings. The molecule has 1 N–H and O–H groups in total. The maximum absolute atomic E-state index is 9.25. The second-order valence-corrected chi connectivity index (χ2v) is 5.28. The molecule has 24 heavy (non-hydrogen) atoms. The molecule has 2 aromatic carbocycles. The highest BCUT2D eigenvalue weighted by molar-refractivity contribution is 5.47. The highest BCUT2D eigenvalue weighted by atomic mass is 16.5. The lowest BCUT2D eigenvalue weighted by Crippen LogP contribution is -2.06. The molecule has 5 heteroatoms. The Bertz CT molecular complexity index is 823. The fraction of sp³-hybridized carbons (Fsp3) is 0.158. The van der Waals surface area contributed by atoms with Gasteiger partial charge in [-0.05, 0) is 24.6 Å². The van der Waals surface area contributed by atoms with Crippen LogP contribution in [-0.2, 0) is 6.61 Å². The van der Waals surface area contributed by atoms with Crippen molar-refractivity contribution in [2.24, 2.45) is 0 Å². The van der Waals surface area contributed by atoms with E-state index in [4.69, 9.17) is 9.15 Å². The summed E-state index contributed by atoms with van der Waals surface area (Å²) >= 11 is 0. The van der Waals surface area contributed by atoms with Gasteiger partial charge in [0.15, 0.2) is 6.61 Å². The number of benzene rings is 2. The van der Waals surface area contributed by atoms with Crippen LogP contribution in [0.5, 0.6) is 5.75 Å². The van der Waals surface area contributed by atoms with Crippen LogP contribution < -0.4 is 10.1 Å². The fourth-order valence-corrected chi connectivity index (χ4v) is 2.28. The van der Waals surface area contributed by atoms with Crippen molar-refractivity contribution in [3.8, 4) is 11.8 Å². The van der Waals surface area contributed by atoms with Crippen molar-refractivity contribution in [1.29, 1.82) is 5.26 Å². The number of nitrogens with one attached hydrogen (secondary N) is 1. The summed E-state index contributed by atoms with van der Waals surface area (Å²) in [4.78, 5) is 4.18. The Kier molecular flexibility index (Phi) is 4.78. The van der Waals surface area contributed by atoms with Crippen molar-refractivity contribution >= 4 is 5.88 Å². The molecule has 0 saturated carbocycles. The van der Waals surface area contributed by atoms with Crippen LogP contribution in [0.15, 0.2) is 65.1 Å². The SMILES string of the molecule is C[C@@H](Nc1oc(COc2ccccc2)nc1C#N)c1ccccc1. The van der Waals surface area contributed by atoms with E-state index in [-0.39, 0.29) is 18.3 Å². The summed E-state index contributed by atoms with van der Waals surface area (Å²) in [6.07, 6.45) is 0. The third kappa shape index (κ3) is 3.73. The van der Waals surface area contributed by atoms with Gasteiger partial charge in [0.1, 0.15) is 11.8 Å². The minimum atomic E-state index is -0.00542. The number of anilines is 1. The quantitative estimate of drug-likeness (QED) is 0.733. The molecule has 3 rings (SSSR count). The molecule has 0 fully saturated rings. The normalized spacial score (nSPS) is 11.5. The first-order chi connectivity index (χ1) is 11.8. The Morgan fingerprint density at radius 3 is 2.46 bits per heavy atom. The molecular formula is C19H17N3O2. The fourth-order valence-electron chi connectivity index (χ4n) is 2.28. The molecule has 0 bridgehead atoms. The molecule has 0 spiro atoms. The molecule has 0 aliphatic carbocycles. The van der Waals surface area contributed by atoms with Gasteiger partial charge in [-0.15, -0.1) is 0 Å². The summed E-state index contributed by atoms with van der Waals surface area (Å²) in [6, 6.07) is 21.4. The molecule has 1 heterocycles. The van der Waals surface area contributed by atoms with Crippen molar-refractivity contribution < 1.29 is 9.15 Å². The number of oxazole rings is 1. The van der Waals surface area contributed by atoms with E-state index in [1.807, 2.05) is 73.7 Å². The van der Waals surface area contributed by atoms with Crippen LogP contribution in [-0.4, -0.2) is 4.98 Å². The molecule has 0 saturated heterocycles. The van der Waals surface area contributed by atoms with E-state index in [1.54, 1.807) is 0 Å². The Balaban J connectivity index is 1.70. The van der Waals surface area contributed by atoms with Crippen molar-refractivity contribution in [3.63, 3.8) is 0 Å². The number of para-hydroxylation sites is 1. The lowest BCUT2D eigenvalue weighted by atomic mass is 10.1. The molecule has 0 unspecified atom stereocenters. The van der Waals surface area contributed by atoms with E-state index in [9.17, 15) is 5.26 Å².